The number of rotatable bonds is 9. The average molecular weight is 664 g/mol. The second-order valence-electron chi connectivity index (χ2n) is 12.7. The molecular formula is C37H38ClN7O3. The topological polar surface area (TPSA) is 127 Å². The van der Waals surface area contributed by atoms with E-state index in [4.69, 9.17) is 16.6 Å². The molecule has 3 aromatic heterocycles. The van der Waals surface area contributed by atoms with Crippen LogP contribution in [-0.4, -0.2) is 79.3 Å². The number of anilines is 3. The zero-order valence-electron chi connectivity index (χ0n) is 26.7. The summed E-state index contributed by atoms with van der Waals surface area (Å²) in [4.78, 5) is 31.3. The molecule has 5 aromatic rings. The van der Waals surface area contributed by atoms with E-state index < -0.39 is 0 Å². The number of hydrogen-bond acceptors (Lipinski definition) is 9. The lowest BCUT2D eigenvalue weighted by Gasteiger charge is -2.17. The number of pyridine rings is 3. The first kappa shape index (κ1) is 32.1. The Labute approximate surface area is 284 Å². The molecule has 246 valence electrons. The number of aromatic nitrogens is 3. The normalized spacial score (nSPS) is 18.4. The summed E-state index contributed by atoms with van der Waals surface area (Å²) in [6.07, 6.45) is 6.42. The summed E-state index contributed by atoms with van der Waals surface area (Å²) >= 11 is 6.93. The van der Waals surface area contributed by atoms with Crippen molar-refractivity contribution in [2.24, 2.45) is 0 Å². The summed E-state index contributed by atoms with van der Waals surface area (Å²) in [5.74, 6) is 0.305. The van der Waals surface area contributed by atoms with Crippen LogP contribution in [0.25, 0.3) is 22.0 Å². The van der Waals surface area contributed by atoms with E-state index in [0.717, 1.165) is 76.9 Å². The van der Waals surface area contributed by atoms with Gasteiger partial charge in [-0.1, -0.05) is 41.9 Å². The van der Waals surface area contributed by atoms with E-state index in [1.165, 1.54) is 0 Å². The minimum atomic E-state index is -0.347. The van der Waals surface area contributed by atoms with Crippen LogP contribution < -0.4 is 10.6 Å². The van der Waals surface area contributed by atoms with E-state index in [0.29, 0.717) is 41.9 Å². The fourth-order valence-electron chi connectivity index (χ4n) is 6.58. The molecule has 2 saturated heterocycles. The summed E-state index contributed by atoms with van der Waals surface area (Å²) in [6, 6.07) is 19.2. The number of carbonyl (C=O) groups excluding carboxylic acids is 1. The number of amides is 1. The van der Waals surface area contributed by atoms with Gasteiger partial charge in [0.25, 0.3) is 5.91 Å². The predicted molar refractivity (Wildman–Crippen MR) is 188 cm³/mol. The Hall–Kier alpha value is -4.45. The highest BCUT2D eigenvalue weighted by Gasteiger charge is 2.22. The van der Waals surface area contributed by atoms with Gasteiger partial charge in [0, 0.05) is 74.5 Å². The molecule has 2 aliphatic heterocycles. The smallest absolute Gasteiger partial charge is 0.274 e. The largest absolute Gasteiger partial charge is 0.392 e. The molecule has 0 aliphatic carbocycles. The molecular weight excluding hydrogens is 626 g/mol. The van der Waals surface area contributed by atoms with Crippen LogP contribution in [0.5, 0.6) is 0 Å². The predicted octanol–water partition coefficient (Wildman–Crippen LogP) is 5.78. The van der Waals surface area contributed by atoms with Crippen LogP contribution in [0.2, 0.25) is 5.02 Å². The Morgan fingerprint density at radius 2 is 1.54 bits per heavy atom. The van der Waals surface area contributed by atoms with Crippen molar-refractivity contribution in [2.45, 2.75) is 45.1 Å². The molecule has 0 bridgehead atoms. The lowest BCUT2D eigenvalue weighted by Crippen LogP contribution is -2.21. The van der Waals surface area contributed by atoms with Crippen molar-refractivity contribution >= 4 is 45.6 Å². The molecule has 2 atom stereocenters. The number of halogens is 1. The summed E-state index contributed by atoms with van der Waals surface area (Å²) in [7, 11) is 0. The fraction of sp³-hybridized carbons (Fsp3) is 0.297. The number of β-amino-alcohol motifs (C(OH)–C–C–N with tert-alkyl or cyclic N) is 2. The van der Waals surface area contributed by atoms with Gasteiger partial charge in [0.2, 0.25) is 0 Å². The van der Waals surface area contributed by atoms with E-state index >= 15 is 0 Å². The minimum absolute atomic E-state index is 0.253. The number of benzene rings is 2. The lowest BCUT2D eigenvalue weighted by atomic mass is 9.98. The number of aliphatic hydroxyl groups is 2. The van der Waals surface area contributed by atoms with Crippen molar-refractivity contribution in [1.82, 2.24) is 24.8 Å². The number of hydrogen-bond donors (Lipinski definition) is 4. The number of likely N-dealkylation sites (tertiary alicyclic amines) is 2. The highest BCUT2D eigenvalue weighted by Crippen LogP contribution is 2.38. The second kappa shape index (κ2) is 14.0. The lowest BCUT2D eigenvalue weighted by molar-refractivity contribution is 0.102. The maximum atomic E-state index is 13.2. The maximum Gasteiger partial charge on any atom is 0.274 e. The van der Waals surface area contributed by atoms with Crippen molar-refractivity contribution in [3.8, 4) is 11.1 Å². The van der Waals surface area contributed by atoms with Crippen LogP contribution >= 0.6 is 11.6 Å². The summed E-state index contributed by atoms with van der Waals surface area (Å²) in [5.41, 5.74) is 7.17. The van der Waals surface area contributed by atoms with Gasteiger partial charge in [-0.25, -0.2) is 4.98 Å². The van der Waals surface area contributed by atoms with Crippen LogP contribution in [0.15, 0.2) is 79.3 Å². The van der Waals surface area contributed by atoms with Gasteiger partial charge in [-0.15, -0.1) is 0 Å². The van der Waals surface area contributed by atoms with Crippen LogP contribution in [0.4, 0.5) is 17.2 Å². The standard InChI is InChI=1S/C37H38ClN7O3/c1-23-29(4-2-6-31(23)42-36-35-26(10-13-39-36)16-25(18-41-35)20-45-15-12-28(47)22-45)30-5-3-7-32(34(30)38)43-37(48)33-9-8-24(17-40-33)19-44-14-11-27(46)21-44/h2-10,13,16-18,27-28,46-47H,11-12,14-15,19-22H2,1H3,(H,39,42)(H,43,48). The molecule has 1 amide bonds. The van der Waals surface area contributed by atoms with Gasteiger partial charge in [-0.2, -0.15) is 0 Å². The number of carbonyl (C=O) groups is 1. The minimum Gasteiger partial charge on any atom is -0.392 e. The summed E-state index contributed by atoms with van der Waals surface area (Å²) in [6.45, 7) is 6.53. The van der Waals surface area contributed by atoms with Crippen molar-refractivity contribution in [3.63, 3.8) is 0 Å². The molecule has 7 rings (SSSR count). The van der Waals surface area contributed by atoms with Gasteiger partial charge in [0.15, 0.2) is 5.82 Å². The molecule has 10 nitrogen and oxygen atoms in total. The molecule has 0 spiro atoms. The van der Waals surface area contributed by atoms with E-state index in [1.807, 2.05) is 55.6 Å². The molecule has 2 fully saturated rings. The Bertz CT molecular complexity index is 1950. The van der Waals surface area contributed by atoms with Gasteiger partial charge in [0.1, 0.15) is 11.2 Å². The molecule has 2 aromatic carbocycles. The quantitative estimate of drug-likeness (QED) is 0.155. The highest BCUT2D eigenvalue weighted by molar-refractivity contribution is 6.36. The number of nitrogens with one attached hydrogen (secondary N) is 2. The van der Waals surface area contributed by atoms with E-state index in [9.17, 15) is 15.0 Å². The first-order valence-electron chi connectivity index (χ1n) is 16.3. The zero-order valence-corrected chi connectivity index (χ0v) is 27.5. The molecule has 5 heterocycles. The third kappa shape index (κ3) is 7.03. The average Bonchev–Trinajstić information content (AvgIpc) is 3.69. The molecule has 0 saturated carbocycles. The third-order valence-electron chi connectivity index (χ3n) is 9.14. The molecule has 0 radical (unpaired) electrons. The van der Waals surface area contributed by atoms with Crippen molar-refractivity contribution in [1.29, 1.82) is 0 Å². The van der Waals surface area contributed by atoms with E-state index in [1.54, 1.807) is 24.5 Å². The van der Waals surface area contributed by atoms with Gasteiger partial charge >= 0.3 is 0 Å². The maximum absolute atomic E-state index is 13.2. The first-order chi connectivity index (χ1) is 23.3. The van der Waals surface area contributed by atoms with Gasteiger partial charge in [-0.3, -0.25) is 24.6 Å². The Morgan fingerprint density at radius 3 is 2.23 bits per heavy atom. The molecule has 2 unspecified atom stereocenters. The number of nitrogens with zero attached hydrogens (tertiary/aromatic N) is 5. The third-order valence-corrected chi connectivity index (χ3v) is 9.55. The fourth-order valence-corrected chi connectivity index (χ4v) is 6.85. The molecule has 4 N–H and O–H groups in total. The Morgan fingerprint density at radius 1 is 0.854 bits per heavy atom. The van der Waals surface area contributed by atoms with Crippen molar-refractivity contribution in [3.05, 3.63) is 107 Å². The Kier molecular flexibility index (Phi) is 9.34. The highest BCUT2D eigenvalue weighted by atomic mass is 35.5. The molecule has 2 aliphatic rings. The first-order valence-corrected chi connectivity index (χ1v) is 16.6. The van der Waals surface area contributed by atoms with Crippen molar-refractivity contribution in [2.75, 3.05) is 36.8 Å². The van der Waals surface area contributed by atoms with E-state index in [-0.39, 0.29) is 18.1 Å². The Balaban J connectivity index is 1.07. The second-order valence-corrected chi connectivity index (χ2v) is 13.1. The zero-order chi connectivity index (χ0) is 33.2. The van der Waals surface area contributed by atoms with Gasteiger partial charge in [0.05, 0.1) is 22.9 Å². The van der Waals surface area contributed by atoms with Crippen LogP contribution in [0, 0.1) is 6.92 Å². The summed E-state index contributed by atoms with van der Waals surface area (Å²) in [5, 5.41) is 27.5. The number of aliphatic hydroxyl groups excluding tert-OH is 2. The van der Waals surface area contributed by atoms with Crippen LogP contribution in [0.1, 0.15) is 40.0 Å². The van der Waals surface area contributed by atoms with E-state index in [2.05, 4.69) is 36.5 Å². The van der Waals surface area contributed by atoms with Gasteiger partial charge < -0.3 is 20.8 Å². The van der Waals surface area contributed by atoms with Crippen molar-refractivity contribution < 1.29 is 15.0 Å². The molecule has 11 heteroatoms. The molecule has 48 heavy (non-hydrogen) atoms. The SMILES string of the molecule is Cc1c(Nc2nccc3cc(CN4CCC(O)C4)cnc23)cccc1-c1cccc(NC(=O)c2ccc(CN3CCC(O)C3)cn2)c1Cl. The number of fused-ring (bicyclic) bond motifs is 1. The monoisotopic (exact) mass is 663 g/mol. The van der Waals surface area contributed by atoms with Gasteiger partial charge in [-0.05, 0) is 72.4 Å². The van der Waals surface area contributed by atoms with Crippen LogP contribution in [0.3, 0.4) is 0 Å². The van der Waals surface area contributed by atoms with Crippen LogP contribution in [-0.2, 0) is 13.1 Å². The summed E-state index contributed by atoms with van der Waals surface area (Å²) < 4.78 is 0.